The Balaban J connectivity index is 2.33. The van der Waals surface area contributed by atoms with Gasteiger partial charge in [0.25, 0.3) is 0 Å². The van der Waals surface area contributed by atoms with E-state index in [4.69, 9.17) is 4.74 Å². The van der Waals surface area contributed by atoms with E-state index in [2.05, 4.69) is 5.32 Å². The lowest BCUT2D eigenvalue weighted by molar-refractivity contribution is -0.138. The normalized spacial score (nSPS) is 11.5. The van der Waals surface area contributed by atoms with Crippen LogP contribution in [-0.2, 0) is 12.7 Å². The van der Waals surface area contributed by atoms with Crippen molar-refractivity contribution in [2.24, 2.45) is 0 Å². The standard InChI is InChI=1S/C16H16F3NO/c1-11-4-3-5-13(8-11)21-14-7-6-12(10-20-2)15(9-14)16(17,18)19/h3-9,20H,10H2,1-2H3. The zero-order valence-corrected chi connectivity index (χ0v) is 11.8. The minimum absolute atomic E-state index is 0.152. The largest absolute Gasteiger partial charge is 0.457 e. The fourth-order valence-electron chi connectivity index (χ4n) is 2.04. The summed E-state index contributed by atoms with van der Waals surface area (Å²) in [7, 11) is 1.61. The molecule has 0 aliphatic carbocycles. The molecule has 0 unspecified atom stereocenters. The molecule has 0 radical (unpaired) electrons. The van der Waals surface area contributed by atoms with Crippen molar-refractivity contribution in [3.63, 3.8) is 0 Å². The predicted octanol–water partition coefficient (Wildman–Crippen LogP) is 4.53. The maximum Gasteiger partial charge on any atom is 0.416 e. The lowest BCUT2D eigenvalue weighted by Gasteiger charge is -2.15. The van der Waals surface area contributed by atoms with Crippen LogP contribution in [0.5, 0.6) is 11.5 Å². The molecule has 0 aliphatic heterocycles. The summed E-state index contributed by atoms with van der Waals surface area (Å²) in [5.41, 5.74) is 0.499. The van der Waals surface area contributed by atoms with Crippen LogP contribution in [-0.4, -0.2) is 7.05 Å². The number of ether oxygens (including phenoxy) is 1. The lowest BCUT2D eigenvalue weighted by Crippen LogP contribution is -2.14. The first kappa shape index (κ1) is 15.4. The van der Waals surface area contributed by atoms with Gasteiger partial charge in [0.05, 0.1) is 5.56 Å². The molecule has 112 valence electrons. The van der Waals surface area contributed by atoms with E-state index in [1.54, 1.807) is 31.3 Å². The number of hydrogen-bond acceptors (Lipinski definition) is 2. The van der Waals surface area contributed by atoms with Crippen molar-refractivity contribution in [2.75, 3.05) is 7.05 Å². The zero-order chi connectivity index (χ0) is 15.5. The first-order valence-corrected chi connectivity index (χ1v) is 6.49. The zero-order valence-electron chi connectivity index (χ0n) is 11.8. The summed E-state index contributed by atoms with van der Waals surface area (Å²) < 4.78 is 44.7. The molecule has 0 saturated carbocycles. The highest BCUT2D eigenvalue weighted by molar-refractivity contribution is 5.40. The van der Waals surface area contributed by atoms with Gasteiger partial charge in [0.2, 0.25) is 0 Å². The van der Waals surface area contributed by atoms with Gasteiger partial charge in [0.1, 0.15) is 11.5 Å². The minimum Gasteiger partial charge on any atom is -0.457 e. The molecule has 21 heavy (non-hydrogen) atoms. The van der Waals surface area contributed by atoms with E-state index in [0.29, 0.717) is 5.75 Å². The molecular weight excluding hydrogens is 279 g/mol. The monoisotopic (exact) mass is 295 g/mol. The molecule has 2 rings (SSSR count). The highest BCUT2D eigenvalue weighted by Gasteiger charge is 2.33. The highest BCUT2D eigenvalue weighted by atomic mass is 19.4. The van der Waals surface area contributed by atoms with Gasteiger partial charge >= 0.3 is 6.18 Å². The quantitative estimate of drug-likeness (QED) is 0.895. The van der Waals surface area contributed by atoms with E-state index >= 15 is 0 Å². The first-order chi connectivity index (χ1) is 9.90. The molecule has 0 amide bonds. The molecule has 0 fully saturated rings. The fraction of sp³-hybridized carbons (Fsp3) is 0.250. The van der Waals surface area contributed by atoms with E-state index in [1.807, 2.05) is 13.0 Å². The summed E-state index contributed by atoms with van der Waals surface area (Å²) in [5.74, 6) is 0.692. The Morgan fingerprint density at radius 3 is 2.38 bits per heavy atom. The van der Waals surface area contributed by atoms with Crippen LogP contribution in [0.3, 0.4) is 0 Å². The molecule has 1 N–H and O–H groups in total. The van der Waals surface area contributed by atoms with Gasteiger partial charge in [0, 0.05) is 6.54 Å². The summed E-state index contributed by atoms with van der Waals surface area (Å²) in [6, 6.07) is 11.2. The number of hydrogen-bond donors (Lipinski definition) is 1. The Morgan fingerprint density at radius 2 is 1.76 bits per heavy atom. The molecule has 2 nitrogen and oxygen atoms in total. The second-order valence-electron chi connectivity index (χ2n) is 4.77. The smallest absolute Gasteiger partial charge is 0.416 e. The number of alkyl halides is 3. The van der Waals surface area contributed by atoms with E-state index in [1.165, 1.54) is 6.07 Å². The Bertz CT molecular complexity index is 623. The third-order valence-corrected chi connectivity index (χ3v) is 2.98. The van der Waals surface area contributed by atoms with E-state index in [9.17, 15) is 13.2 Å². The maximum absolute atomic E-state index is 13.1. The van der Waals surface area contributed by atoms with Crippen molar-refractivity contribution < 1.29 is 17.9 Å². The van der Waals surface area contributed by atoms with Crippen LogP contribution in [0.1, 0.15) is 16.7 Å². The molecule has 0 aromatic heterocycles. The van der Waals surface area contributed by atoms with Crippen molar-refractivity contribution in [1.29, 1.82) is 0 Å². The average molecular weight is 295 g/mol. The van der Waals surface area contributed by atoms with E-state index in [0.717, 1.165) is 11.6 Å². The van der Waals surface area contributed by atoms with Crippen molar-refractivity contribution >= 4 is 0 Å². The Kier molecular flexibility index (Phi) is 4.53. The lowest BCUT2D eigenvalue weighted by atomic mass is 10.1. The Hall–Kier alpha value is -2.01. The average Bonchev–Trinajstić information content (AvgIpc) is 2.39. The third-order valence-electron chi connectivity index (χ3n) is 2.98. The van der Waals surface area contributed by atoms with Gasteiger partial charge in [0.15, 0.2) is 0 Å². The summed E-state index contributed by atoms with van der Waals surface area (Å²) in [5, 5.41) is 2.73. The number of aryl methyl sites for hydroxylation is 1. The summed E-state index contributed by atoms with van der Waals surface area (Å²) in [4.78, 5) is 0. The highest BCUT2D eigenvalue weighted by Crippen LogP contribution is 2.35. The first-order valence-electron chi connectivity index (χ1n) is 6.49. The predicted molar refractivity (Wildman–Crippen MR) is 75.5 cm³/mol. The van der Waals surface area contributed by atoms with Gasteiger partial charge in [-0.1, -0.05) is 18.2 Å². The molecule has 5 heteroatoms. The minimum atomic E-state index is -4.40. The second kappa shape index (κ2) is 6.18. The fourth-order valence-corrected chi connectivity index (χ4v) is 2.04. The molecular formula is C16H16F3NO. The Morgan fingerprint density at radius 1 is 1.05 bits per heavy atom. The molecule has 0 saturated heterocycles. The molecule has 0 bridgehead atoms. The van der Waals surface area contributed by atoms with Gasteiger partial charge in [-0.3, -0.25) is 0 Å². The van der Waals surface area contributed by atoms with Crippen molar-refractivity contribution in [2.45, 2.75) is 19.6 Å². The summed E-state index contributed by atoms with van der Waals surface area (Å²) >= 11 is 0. The van der Waals surface area contributed by atoms with Crippen LogP contribution < -0.4 is 10.1 Å². The van der Waals surface area contributed by atoms with Gasteiger partial charge in [-0.05, 0) is 49.4 Å². The van der Waals surface area contributed by atoms with Crippen LogP contribution in [0.25, 0.3) is 0 Å². The molecule has 2 aromatic carbocycles. The van der Waals surface area contributed by atoms with Crippen molar-refractivity contribution in [1.82, 2.24) is 5.32 Å². The SMILES string of the molecule is CNCc1ccc(Oc2cccc(C)c2)cc1C(F)(F)F. The van der Waals surface area contributed by atoms with Crippen LogP contribution in [0, 0.1) is 6.92 Å². The van der Waals surface area contributed by atoms with Crippen LogP contribution >= 0.6 is 0 Å². The van der Waals surface area contributed by atoms with Crippen LogP contribution in [0.15, 0.2) is 42.5 Å². The topological polar surface area (TPSA) is 21.3 Å². The summed E-state index contributed by atoms with van der Waals surface area (Å²) in [6.07, 6.45) is -4.40. The van der Waals surface area contributed by atoms with Gasteiger partial charge < -0.3 is 10.1 Å². The number of rotatable bonds is 4. The van der Waals surface area contributed by atoms with Crippen LogP contribution in [0.4, 0.5) is 13.2 Å². The summed E-state index contributed by atoms with van der Waals surface area (Å²) in [6.45, 7) is 2.05. The number of nitrogens with one attached hydrogen (secondary N) is 1. The van der Waals surface area contributed by atoms with Gasteiger partial charge in [-0.15, -0.1) is 0 Å². The molecule has 0 atom stereocenters. The molecule has 0 aliphatic rings. The maximum atomic E-state index is 13.1. The second-order valence-corrected chi connectivity index (χ2v) is 4.77. The molecule has 0 heterocycles. The van der Waals surface area contributed by atoms with E-state index < -0.39 is 11.7 Å². The molecule has 0 spiro atoms. The van der Waals surface area contributed by atoms with E-state index in [-0.39, 0.29) is 17.9 Å². The van der Waals surface area contributed by atoms with Gasteiger partial charge in [-0.25, -0.2) is 0 Å². The third kappa shape index (κ3) is 3.98. The van der Waals surface area contributed by atoms with Crippen LogP contribution in [0.2, 0.25) is 0 Å². The number of halogens is 3. The van der Waals surface area contributed by atoms with Crippen molar-refractivity contribution in [3.8, 4) is 11.5 Å². The molecule has 2 aromatic rings. The van der Waals surface area contributed by atoms with Crippen molar-refractivity contribution in [3.05, 3.63) is 59.2 Å². The number of benzene rings is 2. The van der Waals surface area contributed by atoms with Gasteiger partial charge in [-0.2, -0.15) is 13.2 Å². The Labute approximate surface area is 121 Å².